The third-order valence-electron chi connectivity index (χ3n) is 6.29. The van der Waals surface area contributed by atoms with Gasteiger partial charge in [0.05, 0.1) is 11.4 Å². The number of aromatic amines is 1. The van der Waals surface area contributed by atoms with E-state index in [0.717, 1.165) is 67.4 Å². The number of piperazine rings is 1. The predicted octanol–water partition coefficient (Wildman–Crippen LogP) is 2.42. The van der Waals surface area contributed by atoms with Gasteiger partial charge in [0, 0.05) is 62.3 Å². The highest BCUT2D eigenvalue weighted by Crippen LogP contribution is 2.36. The molecule has 8 nitrogen and oxygen atoms in total. The summed E-state index contributed by atoms with van der Waals surface area (Å²) < 4.78 is 0. The van der Waals surface area contributed by atoms with Crippen LogP contribution in [0.2, 0.25) is 5.15 Å². The molecule has 2 aliphatic rings. The van der Waals surface area contributed by atoms with Crippen LogP contribution in [-0.4, -0.2) is 68.4 Å². The Kier molecular flexibility index (Phi) is 5.00. The van der Waals surface area contributed by atoms with E-state index in [9.17, 15) is 5.11 Å². The number of hydrogen-bond donors (Lipinski definition) is 2. The number of halogens is 1. The lowest BCUT2D eigenvalue weighted by Crippen LogP contribution is -2.50. The maximum Gasteiger partial charge on any atom is 0.141 e. The second-order valence-corrected chi connectivity index (χ2v) is 8.55. The van der Waals surface area contributed by atoms with E-state index in [-0.39, 0.29) is 6.04 Å². The number of H-pyrrole nitrogens is 1. The van der Waals surface area contributed by atoms with Crippen LogP contribution in [0, 0.1) is 0 Å². The average molecular weight is 428 g/mol. The van der Waals surface area contributed by atoms with Crippen molar-refractivity contribution in [2.45, 2.75) is 39.1 Å². The molecule has 2 aliphatic heterocycles. The SMILES string of the molecule is CC(O)N1CCN(c2ncnc3c2CN(c2cc(Cl)nc4[nH]ccc24)[C@H](C)C3)CC1. The number of anilines is 2. The topological polar surface area (TPSA) is 84.4 Å². The molecule has 0 saturated carbocycles. The smallest absolute Gasteiger partial charge is 0.141 e. The van der Waals surface area contributed by atoms with Crippen LogP contribution in [0.1, 0.15) is 25.1 Å². The Morgan fingerprint density at radius 1 is 1.23 bits per heavy atom. The summed E-state index contributed by atoms with van der Waals surface area (Å²) >= 11 is 6.32. The van der Waals surface area contributed by atoms with Crippen molar-refractivity contribution in [1.29, 1.82) is 0 Å². The van der Waals surface area contributed by atoms with Crippen molar-refractivity contribution in [3.05, 3.63) is 41.1 Å². The molecular formula is C21H26ClN7O. The van der Waals surface area contributed by atoms with Crippen molar-refractivity contribution in [3.63, 3.8) is 0 Å². The highest BCUT2D eigenvalue weighted by molar-refractivity contribution is 6.30. The average Bonchev–Trinajstić information content (AvgIpc) is 3.20. The van der Waals surface area contributed by atoms with Gasteiger partial charge in [-0.15, -0.1) is 0 Å². The number of aliphatic hydroxyl groups excluding tert-OH is 1. The van der Waals surface area contributed by atoms with Gasteiger partial charge in [-0.2, -0.15) is 0 Å². The van der Waals surface area contributed by atoms with Crippen LogP contribution in [0.4, 0.5) is 11.5 Å². The highest BCUT2D eigenvalue weighted by atomic mass is 35.5. The lowest BCUT2D eigenvalue weighted by Gasteiger charge is -2.40. The second kappa shape index (κ2) is 7.68. The van der Waals surface area contributed by atoms with Gasteiger partial charge in [-0.3, -0.25) is 4.90 Å². The molecule has 30 heavy (non-hydrogen) atoms. The molecule has 5 rings (SSSR count). The Labute approximate surface area is 180 Å². The first-order valence-electron chi connectivity index (χ1n) is 10.4. The fourth-order valence-corrected chi connectivity index (χ4v) is 4.81. The van der Waals surface area contributed by atoms with E-state index < -0.39 is 6.23 Å². The van der Waals surface area contributed by atoms with Crippen molar-refractivity contribution < 1.29 is 5.11 Å². The van der Waals surface area contributed by atoms with Crippen LogP contribution in [0.5, 0.6) is 0 Å². The Morgan fingerprint density at radius 3 is 2.80 bits per heavy atom. The summed E-state index contributed by atoms with van der Waals surface area (Å²) in [5.41, 5.74) is 4.18. The normalized spacial score (nSPS) is 21.1. The maximum absolute atomic E-state index is 9.86. The Balaban J connectivity index is 1.49. The summed E-state index contributed by atoms with van der Waals surface area (Å²) in [6, 6.07) is 4.28. The number of aromatic nitrogens is 4. The summed E-state index contributed by atoms with van der Waals surface area (Å²) in [7, 11) is 0. The summed E-state index contributed by atoms with van der Waals surface area (Å²) in [5.74, 6) is 1.01. The molecule has 9 heteroatoms. The van der Waals surface area contributed by atoms with Crippen LogP contribution >= 0.6 is 11.6 Å². The van der Waals surface area contributed by atoms with E-state index in [1.165, 1.54) is 5.56 Å². The fourth-order valence-electron chi connectivity index (χ4n) is 4.62. The molecule has 0 aromatic carbocycles. The second-order valence-electron chi connectivity index (χ2n) is 8.16. The van der Waals surface area contributed by atoms with Gasteiger partial charge >= 0.3 is 0 Å². The van der Waals surface area contributed by atoms with E-state index in [2.05, 4.69) is 41.6 Å². The predicted molar refractivity (Wildman–Crippen MR) is 118 cm³/mol. The molecule has 3 aromatic heterocycles. The number of aliphatic hydroxyl groups is 1. The third kappa shape index (κ3) is 3.38. The Morgan fingerprint density at radius 2 is 2.03 bits per heavy atom. The zero-order chi connectivity index (χ0) is 20.8. The molecule has 0 aliphatic carbocycles. The van der Waals surface area contributed by atoms with Crippen molar-refractivity contribution in [2.24, 2.45) is 0 Å². The maximum atomic E-state index is 9.86. The minimum Gasteiger partial charge on any atom is -0.379 e. The van der Waals surface area contributed by atoms with Gasteiger partial charge < -0.3 is 19.9 Å². The fraction of sp³-hybridized carbons (Fsp3) is 0.476. The van der Waals surface area contributed by atoms with Crippen LogP contribution in [-0.2, 0) is 13.0 Å². The minimum absolute atomic E-state index is 0.281. The summed E-state index contributed by atoms with van der Waals surface area (Å²) in [6.45, 7) is 8.09. The molecule has 0 bridgehead atoms. The largest absolute Gasteiger partial charge is 0.379 e. The number of pyridine rings is 1. The monoisotopic (exact) mass is 427 g/mol. The molecule has 1 fully saturated rings. The van der Waals surface area contributed by atoms with Gasteiger partial charge in [-0.1, -0.05) is 11.6 Å². The summed E-state index contributed by atoms with van der Waals surface area (Å²) in [6.07, 6.45) is 4.02. The molecule has 0 amide bonds. The van der Waals surface area contributed by atoms with Gasteiger partial charge in [0.1, 0.15) is 29.2 Å². The van der Waals surface area contributed by atoms with Crippen LogP contribution in [0.25, 0.3) is 11.0 Å². The molecular weight excluding hydrogens is 402 g/mol. The number of rotatable bonds is 3. The van der Waals surface area contributed by atoms with Gasteiger partial charge in [0.25, 0.3) is 0 Å². The van der Waals surface area contributed by atoms with Gasteiger partial charge in [-0.25, -0.2) is 15.0 Å². The van der Waals surface area contributed by atoms with E-state index in [1.807, 2.05) is 25.3 Å². The van der Waals surface area contributed by atoms with Crippen LogP contribution in [0.15, 0.2) is 24.7 Å². The van der Waals surface area contributed by atoms with Crippen molar-refractivity contribution in [3.8, 4) is 0 Å². The molecule has 2 N–H and O–H groups in total. The number of nitrogens with zero attached hydrogens (tertiary/aromatic N) is 6. The summed E-state index contributed by atoms with van der Waals surface area (Å²) in [5, 5.41) is 11.4. The molecule has 0 radical (unpaired) electrons. The first-order valence-corrected chi connectivity index (χ1v) is 10.8. The number of nitrogens with one attached hydrogen (secondary N) is 1. The number of hydrogen-bond acceptors (Lipinski definition) is 7. The zero-order valence-corrected chi connectivity index (χ0v) is 18.0. The molecule has 1 saturated heterocycles. The van der Waals surface area contributed by atoms with E-state index in [4.69, 9.17) is 11.6 Å². The first kappa shape index (κ1) is 19.5. The lowest BCUT2D eigenvalue weighted by molar-refractivity contribution is 0.0152. The van der Waals surface area contributed by atoms with Crippen LogP contribution < -0.4 is 9.80 Å². The molecule has 1 unspecified atom stereocenters. The van der Waals surface area contributed by atoms with Gasteiger partial charge in [0.15, 0.2) is 0 Å². The molecule has 2 atom stereocenters. The molecule has 0 spiro atoms. The molecule has 3 aromatic rings. The standard InChI is InChI=1S/C21H26ClN7O/c1-13-9-17-16(11-29(13)18-10-19(22)26-20-15(18)3-4-23-20)21(25-12-24-17)28-7-5-27(6-8-28)14(2)30/h3-4,10,12-14,30H,5-9,11H2,1-2H3,(H,23,26)/t13-,14?/m1/s1. The highest BCUT2D eigenvalue weighted by Gasteiger charge is 2.31. The van der Waals surface area contributed by atoms with E-state index in [0.29, 0.717) is 5.15 Å². The van der Waals surface area contributed by atoms with Crippen molar-refractivity contribution in [2.75, 3.05) is 36.0 Å². The molecule has 158 valence electrons. The Bertz CT molecular complexity index is 1060. The third-order valence-corrected chi connectivity index (χ3v) is 6.48. The molecule has 5 heterocycles. The van der Waals surface area contributed by atoms with Crippen molar-refractivity contribution in [1.82, 2.24) is 24.8 Å². The summed E-state index contributed by atoms with van der Waals surface area (Å²) in [4.78, 5) is 23.6. The van der Waals surface area contributed by atoms with Gasteiger partial charge in [-0.05, 0) is 26.0 Å². The quantitative estimate of drug-likeness (QED) is 0.621. The van der Waals surface area contributed by atoms with Gasteiger partial charge in [0.2, 0.25) is 0 Å². The minimum atomic E-state index is -0.414. The Hall–Kier alpha value is -2.42. The van der Waals surface area contributed by atoms with E-state index >= 15 is 0 Å². The van der Waals surface area contributed by atoms with E-state index in [1.54, 1.807) is 6.33 Å². The first-order chi connectivity index (χ1) is 14.5. The zero-order valence-electron chi connectivity index (χ0n) is 17.2. The van der Waals surface area contributed by atoms with Crippen molar-refractivity contribution >= 4 is 34.1 Å². The van der Waals surface area contributed by atoms with Crippen LogP contribution in [0.3, 0.4) is 0 Å². The lowest BCUT2D eigenvalue weighted by atomic mass is 9.98. The number of fused-ring (bicyclic) bond motifs is 2.